The summed E-state index contributed by atoms with van der Waals surface area (Å²) in [4.78, 5) is 21.6. The lowest BCUT2D eigenvalue weighted by atomic mass is 10.3. The van der Waals surface area contributed by atoms with Crippen LogP contribution in [0.5, 0.6) is 5.75 Å². The molecule has 0 aliphatic carbocycles. The summed E-state index contributed by atoms with van der Waals surface area (Å²) in [5.74, 6) is -1.95. The highest BCUT2D eigenvalue weighted by atomic mass is 16.6. The highest BCUT2D eigenvalue weighted by Gasteiger charge is 2.25. The number of nitrogens with zero attached hydrogens (tertiary/aromatic N) is 3. The second-order valence-corrected chi connectivity index (χ2v) is 2.02. The van der Waals surface area contributed by atoms with Gasteiger partial charge in [-0.05, 0) is 9.91 Å². The third-order valence-corrected chi connectivity index (χ3v) is 1.25. The Morgan fingerprint density at radius 1 is 1.31 bits per heavy atom. The highest BCUT2D eigenvalue weighted by Crippen LogP contribution is 2.32. The fourth-order valence-corrected chi connectivity index (χ4v) is 0.714. The molecule has 0 radical (unpaired) electrons. The largest absolute Gasteiger partial charge is 0.496 e. The van der Waals surface area contributed by atoms with Crippen molar-refractivity contribution < 1.29 is 15.0 Å². The van der Waals surface area contributed by atoms with Crippen LogP contribution in [0, 0.1) is 20.2 Å². The Labute approximate surface area is 70.8 Å². The first-order valence-electron chi connectivity index (χ1n) is 3.00. The van der Waals surface area contributed by atoms with E-state index >= 15 is 0 Å². The standard InChI is InChI=1S/C5H3N3O5/c9-4-3(7(10)11)1-2-6-5(4)8(12)13/h1-2,9H. The molecule has 1 aromatic rings. The highest BCUT2D eigenvalue weighted by molar-refractivity contribution is 5.53. The molecule has 0 fully saturated rings. The van der Waals surface area contributed by atoms with Gasteiger partial charge in [0.15, 0.2) is 0 Å². The second-order valence-electron chi connectivity index (χ2n) is 2.02. The number of pyridine rings is 1. The lowest BCUT2D eigenvalue weighted by molar-refractivity contribution is -0.399. The van der Waals surface area contributed by atoms with Crippen LogP contribution in [0.25, 0.3) is 0 Å². The average Bonchev–Trinajstić information content (AvgIpc) is 2.03. The minimum Gasteiger partial charge on any atom is -0.496 e. The van der Waals surface area contributed by atoms with Gasteiger partial charge in [-0.1, -0.05) is 0 Å². The maximum atomic E-state index is 10.2. The Bertz CT molecular complexity index is 344. The average molecular weight is 185 g/mol. The van der Waals surface area contributed by atoms with Gasteiger partial charge in [-0.15, -0.1) is 0 Å². The Kier molecular flexibility index (Phi) is 2.05. The van der Waals surface area contributed by atoms with E-state index in [4.69, 9.17) is 5.11 Å². The van der Waals surface area contributed by atoms with Crippen LogP contribution in [0.15, 0.2) is 12.3 Å². The zero-order valence-electron chi connectivity index (χ0n) is 6.08. The van der Waals surface area contributed by atoms with Crippen molar-refractivity contribution >= 4 is 11.5 Å². The van der Waals surface area contributed by atoms with Gasteiger partial charge >= 0.3 is 11.5 Å². The van der Waals surface area contributed by atoms with Crippen molar-refractivity contribution in [2.75, 3.05) is 0 Å². The zero-order valence-corrected chi connectivity index (χ0v) is 6.08. The summed E-state index contributed by atoms with van der Waals surface area (Å²) in [7, 11) is 0. The van der Waals surface area contributed by atoms with Gasteiger partial charge < -0.3 is 15.2 Å². The van der Waals surface area contributed by atoms with Gasteiger partial charge in [-0.2, -0.15) is 0 Å². The molecule has 0 aliphatic heterocycles. The first kappa shape index (κ1) is 8.84. The Hall–Kier alpha value is -2.25. The van der Waals surface area contributed by atoms with Gasteiger partial charge in [0.1, 0.15) is 6.20 Å². The van der Waals surface area contributed by atoms with Crippen molar-refractivity contribution in [1.82, 2.24) is 4.98 Å². The molecule has 0 unspecified atom stereocenters. The molecule has 13 heavy (non-hydrogen) atoms. The van der Waals surface area contributed by atoms with Crippen LogP contribution in [-0.4, -0.2) is 19.9 Å². The topological polar surface area (TPSA) is 119 Å². The lowest BCUT2D eigenvalue weighted by Gasteiger charge is -1.95. The summed E-state index contributed by atoms with van der Waals surface area (Å²) in [6.07, 6.45) is 0.885. The predicted molar refractivity (Wildman–Crippen MR) is 39.2 cm³/mol. The van der Waals surface area contributed by atoms with Crippen molar-refractivity contribution in [2.45, 2.75) is 0 Å². The maximum absolute atomic E-state index is 10.2. The van der Waals surface area contributed by atoms with Crippen LogP contribution in [0.2, 0.25) is 0 Å². The molecule has 0 amide bonds. The summed E-state index contributed by atoms with van der Waals surface area (Å²) in [6, 6.07) is 0.877. The van der Waals surface area contributed by atoms with Crippen molar-refractivity contribution in [3.8, 4) is 5.75 Å². The Balaban J connectivity index is 3.35. The predicted octanol–water partition coefficient (Wildman–Crippen LogP) is 0.604. The molecule has 1 N–H and O–H groups in total. The molecular weight excluding hydrogens is 182 g/mol. The van der Waals surface area contributed by atoms with Crippen LogP contribution in [-0.2, 0) is 0 Å². The van der Waals surface area contributed by atoms with Gasteiger partial charge in [-0.25, -0.2) is 0 Å². The van der Waals surface area contributed by atoms with Crippen LogP contribution < -0.4 is 0 Å². The van der Waals surface area contributed by atoms with E-state index < -0.39 is 27.1 Å². The van der Waals surface area contributed by atoms with E-state index in [1.54, 1.807) is 0 Å². The van der Waals surface area contributed by atoms with E-state index in [-0.39, 0.29) is 0 Å². The van der Waals surface area contributed by atoms with Gasteiger partial charge in [0.25, 0.3) is 5.75 Å². The molecule has 0 aliphatic rings. The van der Waals surface area contributed by atoms with E-state index in [9.17, 15) is 20.2 Å². The molecule has 1 aromatic heterocycles. The van der Waals surface area contributed by atoms with Crippen molar-refractivity contribution in [1.29, 1.82) is 0 Å². The van der Waals surface area contributed by atoms with E-state index in [2.05, 4.69) is 4.98 Å². The summed E-state index contributed by atoms with van der Waals surface area (Å²) in [5.41, 5.74) is -0.735. The SMILES string of the molecule is O=[N+]([O-])c1ccnc([N+](=O)[O-])c1O. The van der Waals surface area contributed by atoms with Gasteiger partial charge in [0, 0.05) is 0 Å². The smallest absolute Gasteiger partial charge is 0.413 e. The normalized spacial score (nSPS) is 9.54. The molecule has 0 bridgehead atoms. The Morgan fingerprint density at radius 3 is 2.38 bits per heavy atom. The molecular formula is C5H3N3O5. The van der Waals surface area contributed by atoms with E-state index in [0.717, 1.165) is 12.3 Å². The monoisotopic (exact) mass is 185 g/mol. The number of aromatic nitrogens is 1. The zero-order chi connectivity index (χ0) is 10.0. The third kappa shape index (κ3) is 1.50. The minimum absolute atomic E-state index is 0.735. The first-order chi connectivity index (χ1) is 6.04. The molecule has 0 spiro atoms. The fraction of sp³-hybridized carbons (Fsp3) is 0. The van der Waals surface area contributed by atoms with Crippen LogP contribution in [0.1, 0.15) is 0 Å². The lowest BCUT2D eigenvalue weighted by Crippen LogP contribution is -1.95. The second kappa shape index (κ2) is 3.01. The molecule has 68 valence electrons. The molecule has 0 saturated carbocycles. The summed E-state index contributed by atoms with van der Waals surface area (Å²) in [5, 5.41) is 29.3. The first-order valence-corrected chi connectivity index (χ1v) is 3.00. The molecule has 1 heterocycles. The Morgan fingerprint density at radius 2 is 1.92 bits per heavy atom. The minimum atomic E-state index is -1.03. The number of hydrogen-bond donors (Lipinski definition) is 1. The number of rotatable bonds is 2. The van der Waals surface area contributed by atoms with Gasteiger partial charge in [0.05, 0.1) is 11.0 Å². The molecule has 1 rings (SSSR count). The fourth-order valence-electron chi connectivity index (χ4n) is 0.714. The number of hydrogen-bond acceptors (Lipinski definition) is 6. The van der Waals surface area contributed by atoms with Crippen LogP contribution in [0.4, 0.5) is 11.5 Å². The summed E-state index contributed by atoms with van der Waals surface area (Å²) >= 11 is 0. The molecule has 8 heteroatoms. The molecule has 8 nitrogen and oxygen atoms in total. The van der Waals surface area contributed by atoms with Crippen LogP contribution in [0.3, 0.4) is 0 Å². The van der Waals surface area contributed by atoms with Crippen LogP contribution >= 0.6 is 0 Å². The number of nitro groups is 2. The van der Waals surface area contributed by atoms with E-state index in [1.165, 1.54) is 0 Å². The quantitative estimate of drug-likeness (QED) is 0.532. The summed E-state index contributed by atoms with van der Waals surface area (Å²) in [6.45, 7) is 0. The van der Waals surface area contributed by atoms with Crippen molar-refractivity contribution in [3.63, 3.8) is 0 Å². The maximum Gasteiger partial charge on any atom is 0.413 e. The van der Waals surface area contributed by atoms with Gasteiger partial charge in [0.2, 0.25) is 0 Å². The van der Waals surface area contributed by atoms with Gasteiger partial charge in [-0.3, -0.25) is 10.1 Å². The van der Waals surface area contributed by atoms with E-state index in [1.807, 2.05) is 0 Å². The molecule has 0 atom stereocenters. The summed E-state index contributed by atoms with van der Waals surface area (Å²) < 4.78 is 0. The molecule has 0 saturated heterocycles. The van der Waals surface area contributed by atoms with Crippen molar-refractivity contribution in [2.24, 2.45) is 0 Å². The third-order valence-electron chi connectivity index (χ3n) is 1.25. The molecule has 0 aromatic carbocycles. The van der Waals surface area contributed by atoms with Crippen molar-refractivity contribution in [3.05, 3.63) is 32.5 Å². The van der Waals surface area contributed by atoms with E-state index in [0.29, 0.717) is 0 Å². The number of aromatic hydroxyl groups is 1.